The van der Waals surface area contributed by atoms with Gasteiger partial charge >= 0.3 is 0 Å². The number of carbonyl (C=O) groups is 1. The van der Waals surface area contributed by atoms with E-state index in [0.29, 0.717) is 10.0 Å². The van der Waals surface area contributed by atoms with Gasteiger partial charge in [-0.2, -0.15) is 0 Å². The lowest BCUT2D eigenvalue weighted by atomic mass is 10.2. The molecule has 1 rings (SSSR count). The zero-order chi connectivity index (χ0) is 11.8. The first-order valence-corrected chi connectivity index (χ1v) is 7.16. The number of hydrogen-bond acceptors (Lipinski definition) is 3. The minimum Gasteiger partial charge on any atom is -0.276 e. The minimum absolute atomic E-state index is 0.0772. The Morgan fingerprint density at radius 2 is 1.93 bits per heavy atom. The molecule has 0 aliphatic rings. The van der Waals surface area contributed by atoms with Crippen molar-refractivity contribution < 1.29 is 13.2 Å². The predicted molar refractivity (Wildman–Crippen MR) is 62.1 cm³/mol. The summed E-state index contributed by atoms with van der Waals surface area (Å²) < 4.78 is 22.8. The van der Waals surface area contributed by atoms with E-state index in [4.69, 9.17) is 22.3 Å². The van der Waals surface area contributed by atoms with E-state index in [-0.39, 0.29) is 10.5 Å². The van der Waals surface area contributed by atoms with Gasteiger partial charge in [0.25, 0.3) is 14.3 Å². The average Bonchev–Trinajstić information content (AvgIpc) is 2.06. The van der Waals surface area contributed by atoms with Crippen LogP contribution in [0, 0.1) is 6.92 Å². The fourth-order valence-corrected chi connectivity index (χ4v) is 2.95. The summed E-state index contributed by atoms with van der Waals surface area (Å²) in [7, 11) is 1.33. The predicted octanol–water partition coefficient (Wildman–Crippen LogP) is 3.06. The molecule has 0 saturated heterocycles. The highest BCUT2D eigenvalue weighted by molar-refractivity contribution is 9.10. The third-order valence-electron chi connectivity index (χ3n) is 1.79. The number of carbonyl (C=O) groups excluding carboxylic acids is 1. The molecule has 0 spiro atoms. The molecule has 0 saturated carbocycles. The molecular weight excluding hydrogens is 327 g/mol. The molecular formula is C8H5BrCl2O3S. The number of rotatable bonds is 2. The Labute approximate surface area is 105 Å². The van der Waals surface area contributed by atoms with Crippen LogP contribution >= 0.6 is 38.2 Å². The first-order valence-electron chi connectivity index (χ1n) is 3.68. The van der Waals surface area contributed by atoms with E-state index in [1.807, 2.05) is 0 Å². The molecule has 0 amide bonds. The Bertz CT molecular complexity index is 525. The van der Waals surface area contributed by atoms with Gasteiger partial charge in [-0.05, 0) is 36.2 Å². The lowest BCUT2D eigenvalue weighted by Crippen LogP contribution is -1.99. The normalized spacial score (nSPS) is 11.5. The van der Waals surface area contributed by atoms with Crippen molar-refractivity contribution in [1.82, 2.24) is 0 Å². The highest BCUT2D eigenvalue weighted by atomic mass is 79.9. The molecule has 0 radical (unpaired) electrons. The third-order valence-corrected chi connectivity index (χ3v) is 4.28. The van der Waals surface area contributed by atoms with Crippen LogP contribution in [-0.2, 0) is 9.05 Å². The Kier molecular flexibility index (Phi) is 3.81. The van der Waals surface area contributed by atoms with Crippen molar-refractivity contribution in [3.05, 3.63) is 27.7 Å². The van der Waals surface area contributed by atoms with E-state index in [1.165, 1.54) is 6.07 Å². The summed E-state index contributed by atoms with van der Waals surface area (Å²) in [6.45, 7) is 1.57. The van der Waals surface area contributed by atoms with Gasteiger partial charge in [-0.3, -0.25) is 4.79 Å². The maximum absolute atomic E-state index is 11.2. The van der Waals surface area contributed by atoms with Crippen molar-refractivity contribution in [1.29, 1.82) is 0 Å². The Morgan fingerprint density at radius 3 is 2.33 bits per heavy atom. The highest BCUT2D eigenvalue weighted by Crippen LogP contribution is 2.28. The van der Waals surface area contributed by atoms with Crippen LogP contribution in [-0.4, -0.2) is 13.7 Å². The fraction of sp³-hybridized carbons (Fsp3) is 0.125. The molecule has 0 unspecified atom stereocenters. The molecule has 82 valence electrons. The summed E-state index contributed by atoms with van der Waals surface area (Å²) in [5.41, 5.74) is 0.514. The topological polar surface area (TPSA) is 51.2 Å². The van der Waals surface area contributed by atoms with Crippen molar-refractivity contribution in [3.63, 3.8) is 0 Å². The van der Waals surface area contributed by atoms with E-state index in [2.05, 4.69) is 15.9 Å². The van der Waals surface area contributed by atoms with Crippen LogP contribution in [0.25, 0.3) is 0 Å². The lowest BCUT2D eigenvalue weighted by molar-refractivity contribution is 0.108. The zero-order valence-corrected chi connectivity index (χ0v) is 11.3. The quantitative estimate of drug-likeness (QED) is 0.782. The van der Waals surface area contributed by atoms with Crippen molar-refractivity contribution >= 4 is 52.5 Å². The van der Waals surface area contributed by atoms with Gasteiger partial charge in [0, 0.05) is 20.7 Å². The monoisotopic (exact) mass is 330 g/mol. The van der Waals surface area contributed by atoms with Crippen molar-refractivity contribution in [2.75, 3.05) is 0 Å². The molecule has 0 aliphatic carbocycles. The Hall–Kier alpha value is -0.100. The van der Waals surface area contributed by atoms with Crippen LogP contribution in [0.15, 0.2) is 21.5 Å². The summed E-state index contributed by atoms with van der Waals surface area (Å²) in [5.74, 6) is 0. The van der Waals surface area contributed by atoms with Crippen molar-refractivity contribution in [3.8, 4) is 0 Å². The van der Waals surface area contributed by atoms with Crippen LogP contribution in [0.3, 0.4) is 0 Å². The van der Waals surface area contributed by atoms with E-state index < -0.39 is 14.3 Å². The van der Waals surface area contributed by atoms with Gasteiger partial charge in [-0.25, -0.2) is 8.42 Å². The van der Waals surface area contributed by atoms with E-state index in [0.717, 1.165) is 6.07 Å². The SMILES string of the molecule is Cc1c(Br)cc(C(=O)Cl)cc1S(=O)(=O)Cl. The molecule has 0 bridgehead atoms. The second-order valence-electron chi connectivity index (χ2n) is 2.79. The molecule has 0 atom stereocenters. The molecule has 0 fully saturated rings. The molecule has 0 aromatic heterocycles. The molecule has 7 heteroatoms. The fourth-order valence-electron chi connectivity index (χ4n) is 1.02. The summed E-state index contributed by atoms with van der Waals surface area (Å²) in [6.07, 6.45) is 0. The summed E-state index contributed by atoms with van der Waals surface area (Å²) >= 11 is 8.38. The maximum Gasteiger partial charge on any atom is 0.261 e. The average molecular weight is 332 g/mol. The summed E-state index contributed by atoms with van der Waals surface area (Å²) in [6, 6.07) is 2.59. The van der Waals surface area contributed by atoms with Crippen LogP contribution in [0.4, 0.5) is 0 Å². The second kappa shape index (κ2) is 4.41. The second-order valence-corrected chi connectivity index (χ2v) is 6.52. The molecule has 0 N–H and O–H groups in total. The molecule has 3 nitrogen and oxygen atoms in total. The number of halogens is 3. The number of benzene rings is 1. The summed E-state index contributed by atoms with van der Waals surface area (Å²) in [4.78, 5) is 10.8. The smallest absolute Gasteiger partial charge is 0.261 e. The maximum atomic E-state index is 11.2. The van der Waals surface area contributed by atoms with Crippen molar-refractivity contribution in [2.45, 2.75) is 11.8 Å². The van der Waals surface area contributed by atoms with Gasteiger partial charge in [0.05, 0.1) is 4.90 Å². The molecule has 1 aromatic rings. The van der Waals surface area contributed by atoms with Gasteiger partial charge in [-0.1, -0.05) is 15.9 Å². The Balaban J connectivity index is 3.59. The first-order chi connectivity index (χ1) is 6.73. The lowest BCUT2D eigenvalue weighted by Gasteiger charge is -2.06. The van der Waals surface area contributed by atoms with Crippen LogP contribution < -0.4 is 0 Å². The van der Waals surface area contributed by atoms with Crippen LogP contribution in [0.5, 0.6) is 0 Å². The van der Waals surface area contributed by atoms with Gasteiger partial charge in [0.1, 0.15) is 0 Å². The zero-order valence-electron chi connectivity index (χ0n) is 7.42. The number of hydrogen-bond donors (Lipinski definition) is 0. The minimum atomic E-state index is -3.88. The van der Waals surface area contributed by atoms with Crippen LogP contribution in [0.1, 0.15) is 15.9 Å². The molecule has 15 heavy (non-hydrogen) atoms. The van der Waals surface area contributed by atoms with Crippen molar-refractivity contribution in [2.24, 2.45) is 0 Å². The largest absolute Gasteiger partial charge is 0.276 e. The molecule has 0 aliphatic heterocycles. The highest BCUT2D eigenvalue weighted by Gasteiger charge is 2.18. The molecule has 0 heterocycles. The van der Waals surface area contributed by atoms with Gasteiger partial charge in [0.15, 0.2) is 0 Å². The van der Waals surface area contributed by atoms with Gasteiger partial charge < -0.3 is 0 Å². The van der Waals surface area contributed by atoms with Gasteiger partial charge in [-0.15, -0.1) is 0 Å². The summed E-state index contributed by atoms with van der Waals surface area (Å²) in [5, 5.41) is -0.739. The van der Waals surface area contributed by atoms with E-state index in [9.17, 15) is 13.2 Å². The first kappa shape index (κ1) is 13.0. The van der Waals surface area contributed by atoms with Crippen LogP contribution in [0.2, 0.25) is 0 Å². The molecule has 1 aromatic carbocycles. The van der Waals surface area contributed by atoms with E-state index in [1.54, 1.807) is 6.92 Å². The third kappa shape index (κ3) is 2.93. The van der Waals surface area contributed by atoms with Gasteiger partial charge in [0.2, 0.25) is 0 Å². The van der Waals surface area contributed by atoms with E-state index >= 15 is 0 Å². The standard InChI is InChI=1S/C8H5BrCl2O3S/c1-4-6(9)2-5(8(10)12)3-7(4)15(11,13)14/h2-3H,1H3. The Morgan fingerprint density at radius 1 is 1.40 bits per heavy atom.